The van der Waals surface area contributed by atoms with E-state index in [1.54, 1.807) is 12.3 Å². The standard InChI is InChI=1S/C11H15FN2O/c1-11(15)4-9(5-11)14-6-8-2-3-13-7-10(8)12/h2-3,7,9,14-15H,4-6H2,1H3. The molecule has 0 atom stereocenters. The van der Waals surface area contributed by atoms with Gasteiger partial charge in [-0.2, -0.15) is 0 Å². The smallest absolute Gasteiger partial charge is 0.145 e. The van der Waals surface area contributed by atoms with Crippen molar-refractivity contribution >= 4 is 0 Å². The van der Waals surface area contributed by atoms with Crippen molar-refractivity contribution in [2.75, 3.05) is 0 Å². The summed E-state index contributed by atoms with van der Waals surface area (Å²) < 4.78 is 13.2. The molecule has 0 saturated heterocycles. The van der Waals surface area contributed by atoms with Crippen LogP contribution in [-0.2, 0) is 6.54 Å². The molecule has 0 aliphatic heterocycles. The molecule has 1 aromatic heterocycles. The molecule has 0 spiro atoms. The number of aromatic nitrogens is 1. The molecule has 0 bridgehead atoms. The Labute approximate surface area is 88.3 Å². The van der Waals surface area contributed by atoms with Gasteiger partial charge in [-0.3, -0.25) is 4.98 Å². The lowest BCUT2D eigenvalue weighted by Gasteiger charge is -2.41. The van der Waals surface area contributed by atoms with Crippen LogP contribution in [0.1, 0.15) is 25.3 Å². The molecule has 1 saturated carbocycles. The van der Waals surface area contributed by atoms with Crippen LogP contribution >= 0.6 is 0 Å². The lowest BCUT2D eigenvalue weighted by molar-refractivity contribution is -0.0393. The van der Waals surface area contributed by atoms with Crippen LogP contribution in [-0.4, -0.2) is 21.7 Å². The van der Waals surface area contributed by atoms with E-state index in [1.165, 1.54) is 6.20 Å². The van der Waals surface area contributed by atoms with Crippen LogP contribution in [0.2, 0.25) is 0 Å². The van der Waals surface area contributed by atoms with Gasteiger partial charge in [0.25, 0.3) is 0 Å². The van der Waals surface area contributed by atoms with Gasteiger partial charge in [0.15, 0.2) is 0 Å². The Morgan fingerprint density at radius 1 is 1.67 bits per heavy atom. The summed E-state index contributed by atoms with van der Waals surface area (Å²) in [4.78, 5) is 3.69. The third kappa shape index (κ3) is 2.52. The van der Waals surface area contributed by atoms with E-state index in [-0.39, 0.29) is 5.82 Å². The molecule has 0 radical (unpaired) electrons. The molecule has 0 amide bonds. The molecular formula is C11H15FN2O. The predicted molar refractivity (Wildman–Crippen MR) is 54.7 cm³/mol. The van der Waals surface area contributed by atoms with Crippen molar-refractivity contribution in [1.82, 2.24) is 10.3 Å². The summed E-state index contributed by atoms with van der Waals surface area (Å²) in [5.41, 5.74) is 0.0885. The van der Waals surface area contributed by atoms with Crippen molar-refractivity contribution in [2.24, 2.45) is 0 Å². The molecule has 15 heavy (non-hydrogen) atoms. The molecule has 3 nitrogen and oxygen atoms in total. The Morgan fingerprint density at radius 3 is 3.00 bits per heavy atom. The lowest BCUT2D eigenvalue weighted by Crippen LogP contribution is -2.51. The van der Waals surface area contributed by atoms with E-state index in [1.807, 2.05) is 6.92 Å². The maximum absolute atomic E-state index is 13.2. The van der Waals surface area contributed by atoms with Gasteiger partial charge in [0.2, 0.25) is 0 Å². The normalized spacial score (nSPS) is 29.9. The Morgan fingerprint density at radius 2 is 2.40 bits per heavy atom. The molecule has 4 heteroatoms. The molecule has 1 fully saturated rings. The summed E-state index contributed by atoms with van der Waals surface area (Å²) >= 11 is 0. The molecule has 0 aromatic carbocycles. The first-order valence-corrected chi connectivity index (χ1v) is 5.11. The summed E-state index contributed by atoms with van der Waals surface area (Å²) in [5.74, 6) is -0.281. The zero-order valence-electron chi connectivity index (χ0n) is 8.70. The first kappa shape index (κ1) is 10.5. The topological polar surface area (TPSA) is 45.1 Å². The largest absolute Gasteiger partial charge is 0.390 e. The van der Waals surface area contributed by atoms with Gasteiger partial charge in [-0.1, -0.05) is 0 Å². The van der Waals surface area contributed by atoms with Gasteiger partial charge in [0.05, 0.1) is 11.8 Å². The maximum atomic E-state index is 13.2. The first-order chi connectivity index (χ1) is 7.07. The second kappa shape index (κ2) is 3.87. The van der Waals surface area contributed by atoms with Gasteiger partial charge in [-0.05, 0) is 25.8 Å². The van der Waals surface area contributed by atoms with Crippen LogP contribution in [0.15, 0.2) is 18.5 Å². The number of nitrogens with one attached hydrogen (secondary N) is 1. The molecular weight excluding hydrogens is 195 g/mol. The van der Waals surface area contributed by atoms with Crippen LogP contribution in [0.25, 0.3) is 0 Å². The summed E-state index contributed by atoms with van der Waals surface area (Å²) in [7, 11) is 0. The van der Waals surface area contributed by atoms with E-state index < -0.39 is 5.60 Å². The SMILES string of the molecule is CC1(O)CC(NCc2ccncc2F)C1. The highest BCUT2D eigenvalue weighted by Gasteiger charge is 2.37. The van der Waals surface area contributed by atoms with Crippen molar-refractivity contribution in [3.63, 3.8) is 0 Å². The van der Waals surface area contributed by atoms with E-state index in [9.17, 15) is 9.50 Å². The fraction of sp³-hybridized carbons (Fsp3) is 0.545. The third-order valence-corrected chi connectivity index (χ3v) is 2.81. The van der Waals surface area contributed by atoms with Crippen molar-refractivity contribution in [2.45, 2.75) is 38.0 Å². The fourth-order valence-electron chi connectivity index (χ4n) is 1.95. The fourth-order valence-corrected chi connectivity index (χ4v) is 1.95. The van der Waals surface area contributed by atoms with Gasteiger partial charge in [0, 0.05) is 24.3 Å². The number of hydrogen-bond donors (Lipinski definition) is 2. The average molecular weight is 210 g/mol. The highest BCUT2D eigenvalue weighted by atomic mass is 19.1. The molecule has 0 unspecified atom stereocenters. The van der Waals surface area contributed by atoms with E-state index in [0.29, 0.717) is 18.2 Å². The zero-order chi connectivity index (χ0) is 10.9. The third-order valence-electron chi connectivity index (χ3n) is 2.81. The number of rotatable bonds is 3. The van der Waals surface area contributed by atoms with Crippen LogP contribution < -0.4 is 5.32 Å². The number of hydrogen-bond acceptors (Lipinski definition) is 3. The molecule has 1 heterocycles. The van der Waals surface area contributed by atoms with Gasteiger partial charge < -0.3 is 10.4 Å². The van der Waals surface area contributed by atoms with Crippen LogP contribution in [0.5, 0.6) is 0 Å². The predicted octanol–water partition coefficient (Wildman–Crippen LogP) is 1.22. The number of pyridine rings is 1. The van der Waals surface area contributed by atoms with Crippen LogP contribution in [0.4, 0.5) is 4.39 Å². The number of nitrogens with zero attached hydrogens (tertiary/aromatic N) is 1. The highest BCUT2D eigenvalue weighted by Crippen LogP contribution is 2.31. The average Bonchev–Trinajstić information content (AvgIpc) is 2.13. The van der Waals surface area contributed by atoms with E-state index in [0.717, 1.165) is 12.8 Å². The van der Waals surface area contributed by atoms with Crippen molar-refractivity contribution in [3.8, 4) is 0 Å². The monoisotopic (exact) mass is 210 g/mol. The van der Waals surface area contributed by atoms with Gasteiger partial charge in [0.1, 0.15) is 5.82 Å². The summed E-state index contributed by atoms with van der Waals surface area (Å²) in [6, 6.07) is 1.96. The molecule has 1 aromatic rings. The minimum atomic E-state index is -0.533. The van der Waals surface area contributed by atoms with Crippen molar-refractivity contribution in [3.05, 3.63) is 29.8 Å². The Hall–Kier alpha value is -1.00. The second-order valence-electron chi connectivity index (χ2n) is 4.45. The molecule has 1 aliphatic carbocycles. The highest BCUT2D eigenvalue weighted by molar-refractivity contribution is 5.12. The Kier molecular flexibility index (Phi) is 2.71. The Balaban J connectivity index is 1.82. The molecule has 82 valence electrons. The quantitative estimate of drug-likeness (QED) is 0.788. The van der Waals surface area contributed by atoms with Gasteiger partial charge >= 0.3 is 0 Å². The van der Waals surface area contributed by atoms with E-state index >= 15 is 0 Å². The maximum Gasteiger partial charge on any atom is 0.145 e. The summed E-state index contributed by atoms with van der Waals surface area (Å²) in [5, 5.41) is 12.7. The summed E-state index contributed by atoms with van der Waals surface area (Å²) in [6.07, 6.45) is 4.27. The molecule has 2 N–H and O–H groups in total. The van der Waals surface area contributed by atoms with Gasteiger partial charge in [-0.15, -0.1) is 0 Å². The zero-order valence-corrected chi connectivity index (χ0v) is 8.70. The first-order valence-electron chi connectivity index (χ1n) is 5.11. The Bertz CT molecular complexity index is 346. The molecule has 1 aliphatic rings. The van der Waals surface area contributed by atoms with Gasteiger partial charge in [-0.25, -0.2) is 4.39 Å². The van der Waals surface area contributed by atoms with Crippen LogP contribution in [0.3, 0.4) is 0 Å². The minimum absolute atomic E-state index is 0.281. The summed E-state index contributed by atoms with van der Waals surface area (Å²) in [6.45, 7) is 2.31. The molecule has 2 rings (SSSR count). The van der Waals surface area contributed by atoms with Crippen molar-refractivity contribution in [1.29, 1.82) is 0 Å². The number of aliphatic hydroxyl groups is 1. The van der Waals surface area contributed by atoms with E-state index in [4.69, 9.17) is 0 Å². The van der Waals surface area contributed by atoms with E-state index in [2.05, 4.69) is 10.3 Å². The van der Waals surface area contributed by atoms with Crippen LogP contribution in [0, 0.1) is 5.82 Å². The lowest BCUT2D eigenvalue weighted by atomic mass is 9.77. The number of halogens is 1. The van der Waals surface area contributed by atoms with Crippen molar-refractivity contribution < 1.29 is 9.50 Å². The minimum Gasteiger partial charge on any atom is -0.390 e. The second-order valence-corrected chi connectivity index (χ2v) is 4.45.